The molecule has 1 saturated heterocycles. The first-order valence-corrected chi connectivity index (χ1v) is 12.4. The topological polar surface area (TPSA) is 167 Å². The second-order valence-corrected chi connectivity index (χ2v) is 9.83. The van der Waals surface area contributed by atoms with Gasteiger partial charge >= 0.3 is 6.09 Å². The Morgan fingerprint density at radius 2 is 1.87 bits per heavy atom. The van der Waals surface area contributed by atoms with E-state index in [-0.39, 0.29) is 13.2 Å². The van der Waals surface area contributed by atoms with Crippen molar-refractivity contribution in [3.8, 4) is 0 Å². The molecule has 1 fully saturated rings. The lowest BCUT2D eigenvalue weighted by Crippen LogP contribution is -2.51. The molecule has 3 amide bonds. The standard InChI is InChI=1S/C26H33N7O5/c1-26(2,28)24(35)29-19(16-37-14-17-8-4-3-5-9-17)23-31-30-21-12-6-10-18(33(21)23)15-38-25(36)32-13-7-11-20(32)22(27)34/h3-6,8-10,12,19-20H,7,11,13-16,28H2,1-2H3,(H2,27,34)(H,29,35)/t19-,20?/m1/s1. The molecule has 38 heavy (non-hydrogen) atoms. The van der Waals surface area contributed by atoms with Gasteiger partial charge in [0.25, 0.3) is 0 Å². The monoisotopic (exact) mass is 523 g/mol. The van der Waals surface area contributed by atoms with Crippen molar-refractivity contribution in [2.24, 2.45) is 11.5 Å². The van der Waals surface area contributed by atoms with Crippen molar-refractivity contribution in [1.82, 2.24) is 24.8 Å². The molecule has 12 nitrogen and oxygen atoms in total. The summed E-state index contributed by atoms with van der Waals surface area (Å²) in [6.07, 6.45) is 0.562. The number of nitrogens with two attached hydrogens (primary N) is 2. The van der Waals surface area contributed by atoms with Crippen LogP contribution >= 0.6 is 0 Å². The Balaban J connectivity index is 1.56. The van der Waals surface area contributed by atoms with Crippen molar-refractivity contribution in [3.63, 3.8) is 0 Å². The minimum atomic E-state index is -1.14. The molecule has 0 aliphatic carbocycles. The molecule has 3 aromatic rings. The maximum absolute atomic E-state index is 12.8. The number of carbonyl (C=O) groups is 3. The lowest BCUT2D eigenvalue weighted by atomic mass is 10.1. The van der Waals surface area contributed by atoms with E-state index in [2.05, 4.69) is 15.5 Å². The Labute approximate surface area is 220 Å². The summed E-state index contributed by atoms with van der Waals surface area (Å²) in [7, 11) is 0. The van der Waals surface area contributed by atoms with Crippen molar-refractivity contribution in [3.05, 3.63) is 65.6 Å². The minimum Gasteiger partial charge on any atom is -0.443 e. The maximum Gasteiger partial charge on any atom is 0.410 e. The molecular weight excluding hydrogens is 490 g/mol. The van der Waals surface area contributed by atoms with Gasteiger partial charge < -0.3 is 26.3 Å². The van der Waals surface area contributed by atoms with E-state index in [1.807, 2.05) is 30.3 Å². The van der Waals surface area contributed by atoms with Gasteiger partial charge in [-0.2, -0.15) is 0 Å². The van der Waals surface area contributed by atoms with Crippen molar-refractivity contribution >= 4 is 23.6 Å². The van der Waals surface area contributed by atoms with Gasteiger partial charge in [0.15, 0.2) is 11.5 Å². The molecule has 3 heterocycles. The van der Waals surface area contributed by atoms with Gasteiger partial charge in [-0.05, 0) is 44.4 Å². The number of carbonyl (C=O) groups excluding carboxylic acids is 3. The zero-order valence-electron chi connectivity index (χ0n) is 21.5. The minimum absolute atomic E-state index is 0.0969. The molecule has 12 heteroatoms. The highest BCUT2D eigenvalue weighted by atomic mass is 16.6. The third kappa shape index (κ3) is 6.26. The molecule has 0 spiro atoms. The average molecular weight is 524 g/mol. The third-order valence-corrected chi connectivity index (χ3v) is 6.29. The molecule has 1 aromatic carbocycles. The zero-order valence-corrected chi connectivity index (χ0v) is 21.5. The van der Waals surface area contributed by atoms with Gasteiger partial charge in [0.05, 0.1) is 24.4 Å². The van der Waals surface area contributed by atoms with E-state index in [1.165, 1.54) is 4.90 Å². The second-order valence-electron chi connectivity index (χ2n) is 9.83. The van der Waals surface area contributed by atoms with Gasteiger partial charge in [0.2, 0.25) is 11.8 Å². The molecule has 0 bridgehead atoms. The van der Waals surface area contributed by atoms with Crippen LogP contribution in [-0.4, -0.2) is 62.1 Å². The maximum atomic E-state index is 12.8. The number of ether oxygens (including phenoxy) is 2. The van der Waals surface area contributed by atoms with E-state index >= 15 is 0 Å². The van der Waals surface area contributed by atoms with Crippen molar-refractivity contribution in [2.45, 2.75) is 57.5 Å². The number of hydrogen-bond donors (Lipinski definition) is 3. The van der Waals surface area contributed by atoms with E-state index in [0.717, 1.165) is 5.56 Å². The Kier molecular flexibility index (Phi) is 8.23. The molecule has 2 atom stereocenters. The van der Waals surface area contributed by atoms with Crippen LogP contribution in [0, 0.1) is 0 Å². The Morgan fingerprint density at radius 1 is 1.11 bits per heavy atom. The first kappa shape index (κ1) is 27.0. The van der Waals surface area contributed by atoms with E-state index in [4.69, 9.17) is 20.9 Å². The van der Waals surface area contributed by atoms with Crippen molar-refractivity contribution in [2.75, 3.05) is 13.2 Å². The van der Waals surface area contributed by atoms with Crippen LogP contribution in [0.15, 0.2) is 48.5 Å². The Morgan fingerprint density at radius 3 is 2.58 bits per heavy atom. The number of nitrogens with zero attached hydrogens (tertiary/aromatic N) is 4. The molecule has 202 valence electrons. The summed E-state index contributed by atoms with van der Waals surface area (Å²) in [5.74, 6) is -0.550. The zero-order chi connectivity index (χ0) is 27.3. The summed E-state index contributed by atoms with van der Waals surface area (Å²) in [6.45, 7) is 3.92. The van der Waals surface area contributed by atoms with Crippen LogP contribution in [0.2, 0.25) is 0 Å². The van der Waals surface area contributed by atoms with Crippen molar-refractivity contribution < 1.29 is 23.9 Å². The van der Waals surface area contributed by atoms with Gasteiger partial charge in [-0.15, -0.1) is 10.2 Å². The van der Waals surface area contributed by atoms with Crippen LogP contribution in [-0.2, 0) is 32.3 Å². The van der Waals surface area contributed by atoms with Gasteiger partial charge in [0, 0.05) is 6.54 Å². The predicted molar refractivity (Wildman–Crippen MR) is 137 cm³/mol. The Bertz CT molecular complexity index is 1290. The van der Waals surface area contributed by atoms with Crippen LogP contribution in [0.1, 0.15) is 49.8 Å². The highest BCUT2D eigenvalue weighted by Crippen LogP contribution is 2.21. The molecule has 1 aliphatic heterocycles. The summed E-state index contributed by atoms with van der Waals surface area (Å²) in [5.41, 5.74) is 12.4. The van der Waals surface area contributed by atoms with E-state index in [9.17, 15) is 14.4 Å². The summed E-state index contributed by atoms with van der Waals surface area (Å²) >= 11 is 0. The normalized spacial score (nSPS) is 16.4. The number of amides is 3. The quantitative estimate of drug-likeness (QED) is 0.359. The summed E-state index contributed by atoms with van der Waals surface area (Å²) < 4.78 is 13.2. The number of likely N-dealkylation sites (tertiary alicyclic amines) is 1. The SMILES string of the molecule is CC(C)(N)C(=O)N[C@H](COCc1ccccc1)c1nnc2cccc(COC(=O)N3CCCC3C(N)=O)n12. The molecule has 5 N–H and O–H groups in total. The lowest BCUT2D eigenvalue weighted by Gasteiger charge is -2.24. The van der Waals surface area contributed by atoms with Crippen molar-refractivity contribution in [1.29, 1.82) is 0 Å². The number of rotatable bonds is 10. The van der Waals surface area contributed by atoms with Crippen LogP contribution < -0.4 is 16.8 Å². The van der Waals surface area contributed by atoms with Crippen LogP contribution in [0.4, 0.5) is 4.79 Å². The first-order chi connectivity index (χ1) is 18.1. The highest BCUT2D eigenvalue weighted by molar-refractivity contribution is 5.85. The fourth-order valence-electron chi connectivity index (χ4n) is 4.26. The number of benzene rings is 1. The van der Waals surface area contributed by atoms with Gasteiger partial charge in [-0.1, -0.05) is 36.4 Å². The molecule has 1 aliphatic rings. The lowest BCUT2D eigenvalue weighted by molar-refractivity contribution is -0.126. The fourth-order valence-corrected chi connectivity index (χ4v) is 4.26. The van der Waals surface area contributed by atoms with E-state index < -0.39 is 35.5 Å². The Hall–Kier alpha value is -4.03. The number of pyridine rings is 1. The van der Waals surface area contributed by atoms with E-state index in [1.54, 1.807) is 36.4 Å². The molecule has 0 saturated carbocycles. The largest absolute Gasteiger partial charge is 0.443 e. The summed E-state index contributed by atoms with van der Waals surface area (Å²) in [5, 5.41) is 11.5. The molecule has 4 rings (SSSR count). The summed E-state index contributed by atoms with van der Waals surface area (Å²) in [6, 6.07) is 13.6. The first-order valence-electron chi connectivity index (χ1n) is 12.4. The number of aromatic nitrogens is 3. The smallest absolute Gasteiger partial charge is 0.410 e. The molecule has 1 unspecified atom stereocenters. The fraction of sp³-hybridized carbons (Fsp3) is 0.423. The van der Waals surface area contributed by atoms with E-state index in [0.29, 0.717) is 43.2 Å². The number of hydrogen-bond acceptors (Lipinski definition) is 8. The van der Waals surface area contributed by atoms with Crippen LogP contribution in [0.25, 0.3) is 5.65 Å². The number of fused-ring (bicyclic) bond motifs is 1. The molecular formula is C26H33N7O5. The third-order valence-electron chi connectivity index (χ3n) is 6.29. The second kappa shape index (κ2) is 11.6. The number of nitrogens with one attached hydrogen (secondary N) is 1. The highest BCUT2D eigenvalue weighted by Gasteiger charge is 2.34. The van der Waals surface area contributed by atoms with Crippen LogP contribution in [0.3, 0.4) is 0 Å². The van der Waals surface area contributed by atoms with Gasteiger partial charge in [0.1, 0.15) is 18.7 Å². The number of primary amides is 1. The predicted octanol–water partition coefficient (Wildman–Crippen LogP) is 1.43. The molecule has 0 radical (unpaired) electrons. The van der Waals surface area contributed by atoms with Gasteiger partial charge in [-0.3, -0.25) is 18.9 Å². The van der Waals surface area contributed by atoms with Gasteiger partial charge in [-0.25, -0.2) is 4.79 Å². The summed E-state index contributed by atoms with van der Waals surface area (Å²) in [4.78, 5) is 38.6. The average Bonchev–Trinajstić information content (AvgIpc) is 3.55. The molecule has 2 aromatic heterocycles. The van der Waals surface area contributed by atoms with Crippen LogP contribution in [0.5, 0.6) is 0 Å².